The first-order valence-electron chi connectivity index (χ1n) is 10.6. The van der Waals surface area contributed by atoms with Crippen molar-refractivity contribution in [3.63, 3.8) is 0 Å². The lowest BCUT2D eigenvalue weighted by Gasteiger charge is -2.37. The monoisotopic (exact) mass is 415 g/mol. The van der Waals surface area contributed by atoms with Crippen molar-refractivity contribution < 1.29 is 9.53 Å². The molecule has 2 aromatic rings. The molecule has 2 fully saturated rings. The molecule has 29 heavy (non-hydrogen) atoms. The number of benzene rings is 1. The molecule has 5 nitrogen and oxygen atoms in total. The Bertz CT molecular complexity index is 880. The van der Waals surface area contributed by atoms with Crippen molar-refractivity contribution in [2.24, 2.45) is 11.8 Å². The maximum absolute atomic E-state index is 12.1. The molecule has 1 saturated heterocycles. The summed E-state index contributed by atoms with van der Waals surface area (Å²) in [5.74, 6) is 1.93. The quantitative estimate of drug-likeness (QED) is 0.758. The number of nitrogens with one attached hydrogen (secondary N) is 2. The lowest BCUT2D eigenvalue weighted by molar-refractivity contribution is -0.121. The van der Waals surface area contributed by atoms with Gasteiger partial charge in [0.25, 0.3) is 0 Å². The minimum absolute atomic E-state index is 0.125. The number of carbonyl (C=O) groups excluding carboxylic acids is 1. The van der Waals surface area contributed by atoms with Gasteiger partial charge in [-0.15, -0.1) is 0 Å². The van der Waals surface area contributed by atoms with Crippen LogP contribution in [0.1, 0.15) is 29.7 Å². The number of thioether (sulfide) groups is 1. The third-order valence-electron chi connectivity index (χ3n) is 6.82. The topological polar surface area (TPSA) is 57.4 Å². The van der Waals surface area contributed by atoms with Gasteiger partial charge in [0.05, 0.1) is 17.9 Å². The molecule has 1 saturated carbocycles. The average Bonchev–Trinajstić information content (AvgIpc) is 3.21. The van der Waals surface area contributed by atoms with Crippen LogP contribution in [-0.4, -0.2) is 60.1 Å². The van der Waals surface area contributed by atoms with Gasteiger partial charge < -0.3 is 15.0 Å². The van der Waals surface area contributed by atoms with Gasteiger partial charge >= 0.3 is 0 Å². The summed E-state index contributed by atoms with van der Waals surface area (Å²) in [6.45, 7) is 7.56. The molecule has 6 heteroatoms. The Morgan fingerprint density at radius 1 is 1.28 bits per heavy atom. The van der Waals surface area contributed by atoms with E-state index in [2.05, 4.69) is 47.2 Å². The number of nitrogens with zero attached hydrogens (tertiary/aromatic N) is 1. The van der Waals surface area contributed by atoms with E-state index in [-0.39, 0.29) is 18.1 Å². The molecule has 1 aromatic heterocycles. The third-order valence-corrected chi connectivity index (χ3v) is 7.37. The van der Waals surface area contributed by atoms with Gasteiger partial charge in [-0.25, -0.2) is 0 Å². The summed E-state index contributed by atoms with van der Waals surface area (Å²) >= 11 is 1.57. The van der Waals surface area contributed by atoms with Crippen molar-refractivity contribution >= 4 is 28.6 Å². The molecule has 4 rings (SSSR count). The molecule has 2 N–H and O–H groups in total. The largest absolute Gasteiger partial charge is 0.379 e. The smallest absolute Gasteiger partial charge is 0.230 e. The number of aryl methyl sites for hydroxylation is 2. The molecule has 1 aliphatic carbocycles. The van der Waals surface area contributed by atoms with Crippen LogP contribution in [0.25, 0.3) is 10.9 Å². The van der Waals surface area contributed by atoms with Crippen LogP contribution in [0.3, 0.4) is 0 Å². The maximum atomic E-state index is 12.1. The first-order chi connectivity index (χ1) is 14.0. The minimum Gasteiger partial charge on any atom is -0.379 e. The van der Waals surface area contributed by atoms with Crippen LogP contribution in [0, 0.1) is 25.7 Å². The predicted molar refractivity (Wildman–Crippen MR) is 120 cm³/mol. The molecule has 0 radical (unpaired) electrons. The van der Waals surface area contributed by atoms with Crippen LogP contribution in [0.2, 0.25) is 0 Å². The van der Waals surface area contributed by atoms with E-state index in [1.165, 1.54) is 27.7 Å². The molecular weight excluding hydrogens is 382 g/mol. The average molecular weight is 416 g/mol. The number of hydrogen-bond donors (Lipinski definition) is 2. The number of ether oxygens (including phenoxy) is 1. The van der Waals surface area contributed by atoms with Gasteiger partial charge in [0.15, 0.2) is 0 Å². The lowest BCUT2D eigenvalue weighted by atomic mass is 9.77. The van der Waals surface area contributed by atoms with Gasteiger partial charge in [-0.2, -0.15) is 11.8 Å². The fourth-order valence-corrected chi connectivity index (χ4v) is 5.66. The zero-order valence-corrected chi connectivity index (χ0v) is 18.8. The summed E-state index contributed by atoms with van der Waals surface area (Å²) in [5.41, 5.74) is 5.24. The predicted octanol–water partition coefficient (Wildman–Crippen LogP) is 3.49. The Hall–Kier alpha value is -1.50. The van der Waals surface area contributed by atoms with Gasteiger partial charge in [-0.3, -0.25) is 9.69 Å². The Balaban J connectivity index is 1.43. The number of amides is 1. The molecular formula is C23H33N3O2S. The van der Waals surface area contributed by atoms with Crippen molar-refractivity contribution in [3.8, 4) is 0 Å². The van der Waals surface area contributed by atoms with E-state index < -0.39 is 0 Å². The number of carbonyl (C=O) groups is 1. The minimum atomic E-state index is 0.125. The Morgan fingerprint density at radius 2 is 2.03 bits per heavy atom. The fourth-order valence-electron chi connectivity index (χ4n) is 5.31. The summed E-state index contributed by atoms with van der Waals surface area (Å²) < 4.78 is 5.77. The van der Waals surface area contributed by atoms with Crippen LogP contribution in [0.5, 0.6) is 0 Å². The normalized spacial score (nSPS) is 27.3. The zero-order valence-electron chi connectivity index (χ0n) is 18.0. The summed E-state index contributed by atoms with van der Waals surface area (Å²) in [4.78, 5) is 18.3. The number of H-pyrrole nitrogens is 1. The molecule has 0 bridgehead atoms. The number of fused-ring (bicyclic) bond motifs is 2. The van der Waals surface area contributed by atoms with Gasteiger partial charge in [0, 0.05) is 43.3 Å². The number of aromatic nitrogens is 1. The lowest BCUT2D eigenvalue weighted by Crippen LogP contribution is -2.50. The van der Waals surface area contributed by atoms with Crippen LogP contribution in [0.4, 0.5) is 0 Å². The van der Waals surface area contributed by atoms with Gasteiger partial charge in [-0.1, -0.05) is 11.6 Å². The van der Waals surface area contributed by atoms with Crippen molar-refractivity contribution in [3.05, 3.63) is 35.0 Å². The number of methoxy groups -OCH3 is 1. The highest BCUT2D eigenvalue weighted by molar-refractivity contribution is 7.99. The number of aromatic amines is 1. The van der Waals surface area contributed by atoms with Crippen molar-refractivity contribution in [2.75, 3.05) is 32.2 Å². The zero-order chi connectivity index (χ0) is 20.5. The first kappa shape index (κ1) is 20.8. The highest BCUT2D eigenvalue weighted by atomic mass is 32.2. The van der Waals surface area contributed by atoms with E-state index >= 15 is 0 Å². The molecule has 2 heterocycles. The van der Waals surface area contributed by atoms with Gasteiger partial charge in [0.1, 0.15) is 0 Å². The second-order valence-corrected chi connectivity index (χ2v) is 9.71. The maximum Gasteiger partial charge on any atom is 0.230 e. The number of likely N-dealkylation sites (tertiary alicyclic amines) is 1. The highest BCUT2D eigenvalue weighted by Gasteiger charge is 2.42. The van der Waals surface area contributed by atoms with Crippen molar-refractivity contribution in [1.29, 1.82) is 0 Å². The Labute approximate surface area is 177 Å². The number of rotatable bonds is 6. The summed E-state index contributed by atoms with van der Waals surface area (Å²) in [6.07, 6.45) is 4.14. The Kier molecular flexibility index (Phi) is 6.23. The molecule has 0 unspecified atom stereocenters. The van der Waals surface area contributed by atoms with Crippen LogP contribution in [0.15, 0.2) is 18.2 Å². The summed E-state index contributed by atoms with van der Waals surface area (Å²) in [5, 5.41) is 4.56. The van der Waals surface area contributed by atoms with Crippen LogP contribution >= 0.6 is 11.8 Å². The van der Waals surface area contributed by atoms with Crippen LogP contribution < -0.4 is 5.32 Å². The molecule has 0 spiro atoms. The van der Waals surface area contributed by atoms with E-state index in [0.29, 0.717) is 17.6 Å². The fraction of sp³-hybridized carbons (Fsp3) is 0.609. The van der Waals surface area contributed by atoms with E-state index in [4.69, 9.17) is 4.74 Å². The molecule has 4 atom stereocenters. The highest BCUT2D eigenvalue weighted by Crippen LogP contribution is 2.38. The summed E-state index contributed by atoms with van der Waals surface area (Å²) in [7, 11) is 1.78. The molecule has 1 amide bonds. The Morgan fingerprint density at radius 3 is 2.76 bits per heavy atom. The second-order valence-electron chi connectivity index (χ2n) is 8.84. The van der Waals surface area contributed by atoms with E-state index in [9.17, 15) is 4.79 Å². The molecule has 158 valence electrons. The van der Waals surface area contributed by atoms with Crippen LogP contribution in [-0.2, 0) is 16.1 Å². The second kappa shape index (κ2) is 8.70. The molecule has 1 aromatic carbocycles. The van der Waals surface area contributed by atoms with E-state index in [1.807, 2.05) is 6.26 Å². The number of hydrogen-bond acceptors (Lipinski definition) is 4. The van der Waals surface area contributed by atoms with Crippen molar-refractivity contribution in [1.82, 2.24) is 15.2 Å². The standard InChI is InChI=1S/C23H33N3O2S/c1-14-5-6-19-18(7-14)15(2)21(24-19)12-26-10-16-8-20(25-23(27)13-29-4)22(28-3)9-17(16)11-26/h5-7,16-17,20,22,24H,8-13H2,1-4H3,(H,25,27)/t16-,17+,20-,22-/m0/s1. The SMILES string of the molecule is CO[C@H]1C[C@@H]2CN(Cc3[nH]c4ccc(C)cc4c3C)C[C@@H]2C[C@@H]1NC(=O)CSC. The van der Waals surface area contributed by atoms with Crippen molar-refractivity contribution in [2.45, 2.75) is 45.4 Å². The van der Waals surface area contributed by atoms with Gasteiger partial charge in [-0.05, 0) is 62.5 Å². The summed E-state index contributed by atoms with van der Waals surface area (Å²) in [6, 6.07) is 6.77. The van der Waals surface area contributed by atoms with E-state index in [0.717, 1.165) is 32.5 Å². The van der Waals surface area contributed by atoms with E-state index in [1.54, 1.807) is 18.9 Å². The molecule has 1 aliphatic heterocycles. The molecule has 2 aliphatic rings. The van der Waals surface area contributed by atoms with Gasteiger partial charge in [0.2, 0.25) is 5.91 Å². The first-order valence-corrected chi connectivity index (χ1v) is 12.0. The third kappa shape index (κ3) is 4.35.